The molecule has 4 amide bonds. The first kappa shape index (κ1) is 26.1. The van der Waals surface area contributed by atoms with E-state index in [0.717, 1.165) is 29.3 Å². The van der Waals surface area contributed by atoms with Gasteiger partial charge in [-0.15, -0.1) is 0 Å². The summed E-state index contributed by atoms with van der Waals surface area (Å²) in [5.74, 6) is -0.332. The Balaban J connectivity index is 1.39. The second kappa shape index (κ2) is 10.6. The number of hydrogen-bond donors (Lipinski definition) is 1. The molecular formula is C25H35N3O7Si. The third-order valence-corrected chi connectivity index (χ3v) is 8.64. The molecule has 2 atom stereocenters. The maximum atomic E-state index is 13.2. The number of carbonyl (C=O) groups is 4. The van der Waals surface area contributed by atoms with Crippen molar-refractivity contribution < 1.29 is 33.8 Å². The lowest BCUT2D eigenvalue weighted by atomic mass is 10.0. The van der Waals surface area contributed by atoms with Crippen molar-refractivity contribution in [3.05, 3.63) is 29.3 Å². The van der Waals surface area contributed by atoms with Gasteiger partial charge in [-0.25, -0.2) is 4.79 Å². The third kappa shape index (κ3) is 5.89. The van der Waals surface area contributed by atoms with Gasteiger partial charge in [0.25, 0.3) is 11.8 Å². The molecule has 1 unspecified atom stereocenters. The van der Waals surface area contributed by atoms with E-state index in [1.807, 2.05) is 0 Å². The Morgan fingerprint density at radius 1 is 1.17 bits per heavy atom. The van der Waals surface area contributed by atoms with Crippen LogP contribution in [0.25, 0.3) is 0 Å². The summed E-state index contributed by atoms with van der Waals surface area (Å²) in [6, 6.07) is 5.43. The highest BCUT2D eigenvalue weighted by Crippen LogP contribution is 2.32. The smallest absolute Gasteiger partial charge is 0.407 e. The molecule has 1 aromatic carbocycles. The summed E-state index contributed by atoms with van der Waals surface area (Å²) in [5.41, 5.74) is 1.27. The molecule has 10 nitrogen and oxygen atoms in total. The summed E-state index contributed by atoms with van der Waals surface area (Å²) in [7, 11) is -1.29. The largest absolute Gasteiger partial charge is 0.489 e. The van der Waals surface area contributed by atoms with Gasteiger partial charge in [0.1, 0.15) is 24.6 Å². The van der Waals surface area contributed by atoms with E-state index in [4.69, 9.17) is 9.47 Å². The van der Waals surface area contributed by atoms with Gasteiger partial charge in [0.2, 0.25) is 5.91 Å². The zero-order valence-corrected chi connectivity index (χ0v) is 22.2. The summed E-state index contributed by atoms with van der Waals surface area (Å²) in [6.45, 7) is 8.18. The number of carboxylic acid groups (broad SMARTS) is 1. The Kier molecular flexibility index (Phi) is 7.69. The lowest BCUT2D eigenvalue weighted by Crippen LogP contribution is -2.55. The number of amides is 4. The van der Waals surface area contributed by atoms with Crippen molar-refractivity contribution >= 4 is 31.9 Å². The van der Waals surface area contributed by atoms with Crippen LogP contribution in [-0.4, -0.2) is 90.3 Å². The number of benzene rings is 1. The Morgan fingerprint density at radius 3 is 2.67 bits per heavy atom. The lowest BCUT2D eigenvalue weighted by Gasteiger charge is -2.35. The Hall–Kier alpha value is -2.92. The number of fused-ring (bicyclic) bond motifs is 1. The van der Waals surface area contributed by atoms with E-state index in [0.29, 0.717) is 37.4 Å². The highest BCUT2D eigenvalue weighted by atomic mass is 28.3. The van der Waals surface area contributed by atoms with E-state index >= 15 is 0 Å². The molecule has 196 valence electrons. The standard InChI is InChI=1S/C25H35N3O7Si/c1-36(2,3)12-11-34-16-28-22(29)9-8-21(24(28)31)27-14-17-13-18(6-7-20(17)23(27)30)35-19-5-4-10-26(15-19)25(32)33/h6-7,13,19,21H,4-5,8-12,14-16H2,1-3H3,(H,32,33)/t19-,21?/m1/s1. The number of carbonyl (C=O) groups excluding carboxylic acids is 3. The summed E-state index contributed by atoms with van der Waals surface area (Å²) >= 11 is 0. The van der Waals surface area contributed by atoms with E-state index in [1.165, 1.54) is 9.80 Å². The number of hydrogen-bond acceptors (Lipinski definition) is 6. The molecule has 2 saturated heterocycles. The van der Waals surface area contributed by atoms with Crippen LogP contribution in [0.4, 0.5) is 4.79 Å². The van der Waals surface area contributed by atoms with Gasteiger partial charge in [0.05, 0.1) is 6.54 Å². The normalized spacial score (nSPS) is 22.8. The van der Waals surface area contributed by atoms with Crippen molar-refractivity contribution in [2.75, 3.05) is 26.4 Å². The minimum absolute atomic E-state index is 0.0830. The number of rotatable bonds is 8. The average molecular weight is 518 g/mol. The molecule has 1 aromatic rings. The highest BCUT2D eigenvalue weighted by molar-refractivity contribution is 6.76. The monoisotopic (exact) mass is 517 g/mol. The van der Waals surface area contributed by atoms with Gasteiger partial charge in [0.15, 0.2) is 0 Å². The second-order valence-corrected chi connectivity index (χ2v) is 16.5. The summed E-state index contributed by atoms with van der Waals surface area (Å²) in [5, 5.41) is 9.25. The summed E-state index contributed by atoms with van der Waals surface area (Å²) < 4.78 is 11.7. The average Bonchev–Trinajstić information content (AvgIpc) is 3.13. The van der Waals surface area contributed by atoms with E-state index < -0.39 is 26.1 Å². The minimum atomic E-state index is -1.29. The van der Waals surface area contributed by atoms with Crippen LogP contribution in [0.5, 0.6) is 5.75 Å². The van der Waals surface area contributed by atoms with Gasteiger partial charge in [0, 0.05) is 39.8 Å². The zero-order chi connectivity index (χ0) is 26.0. The van der Waals surface area contributed by atoms with E-state index in [9.17, 15) is 24.3 Å². The molecule has 11 heteroatoms. The maximum Gasteiger partial charge on any atom is 0.407 e. The highest BCUT2D eigenvalue weighted by Gasteiger charge is 2.43. The van der Waals surface area contributed by atoms with Crippen LogP contribution in [0, 0.1) is 0 Å². The predicted octanol–water partition coefficient (Wildman–Crippen LogP) is 2.99. The lowest BCUT2D eigenvalue weighted by molar-refractivity contribution is -0.158. The molecule has 1 N–H and O–H groups in total. The van der Waals surface area contributed by atoms with Gasteiger partial charge >= 0.3 is 6.09 Å². The molecule has 4 rings (SSSR count). The predicted molar refractivity (Wildman–Crippen MR) is 133 cm³/mol. The Bertz CT molecular complexity index is 1040. The topological polar surface area (TPSA) is 117 Å². The zero-order valence-electron chi connectivity index (χ0n) is 21.2. The minimum Gasteiger partial charge on any atom is -0.489 e. The SMILES string of the molecule is C[Si](C)(C)CCOCN1C(=O)CCC(N2Cc3cc(O[C@@H]4CCCN(C(=O)O)C4)ccc3C2=O)C1=O. The van der Waals surface area contributed by atoms with Crippen LogP contribution in [-0.2, 0) is 20.9 Å². The first-order valence-electron chi connectivity index (χ1n) is 12.5. The molecule has 3 heterocycles. The van der Waals surface area contributed by atoms with Crippen LogP contribution >= 0.6 is 0 Å². The molecular weight excluding hydrogens is 482 g/mol. The quantitative estimate of drug-likeness (QED) is 0.320. The van der Waals surface area contributed by atoms with Crippen LogP contribution in [0.1, 0.15) is 41.6 Å². The molecule has 0 saturated carbocycles. The van der Waals surface area contributed by atoms with E-state index in [-0.39, 0.29) is 37.6 Å². The van der Waals surface area contributed by atoms with Gasteiger partial charge in [-0.2, -0.15) is 0 Å². The van der Waals surface area contributed by atoms with Crippen molar-refractivity contribution in [2.24, 2.45) is 0 Å². The molecule has 3 aliphatic rings. The molecule has 0 spiro atoms. The van der Waals surface area contributed by atoms with Gasteiger partial charge in [-0.1, -0.05) is 19.6 Å². The molecule has 0 aromatic heterocycles. The fourth-order valence-corrected chi connectivity index (χ4v) is 5.58. The molecule has 0 bridgehead atoms. The fraction of sp³-hybridized carbons (Fsp3) is 0.600. The first-order chi connectivity index (χ1) is 17.0. The van der Waals surface area contributed by atoms with Gasteiger partial charge in [-0.3, -0.25) is 19.3 Å². The number of likely N-dealkylation sites (tertiary alicyclic amines) is 2. The maximum absolute atomic E-state index is 13.2. The number of piperidine rings is 2. The van der Waals surface area contributed by atoms with Crippen LogP contribution in [0.2, 0.25) is 25.7 Å². The molecule has 36 heavy (non-hydrogen) atoms. The first-order valence-corrected chi connectivity index (χ1v) is 16.2. The van der Waals surface area contributed by atoms with Crippen LogP contribution < -0.4 is 4.74 Å². The van der Waals surface area contributed by atoms with Crippen molar-refractivity contribution in [3.63, 3.8) is 0 Å². The molecule has 3 aliphatic heterocycles. The number of nitrogens with zero attached hydrogens (tertiary/aromatic N) is 3. The van der Waals surface area contributed by atoms with Crippen molar-refractivity contribution in [1.29, 1.82) is 0 Å². The number of imide groups is 1. The molecule has 0 aliphatic carbocycles. The van der Waals surface area contributed by atoms with Gasteiger partial charge in [-0.05, 0) is 49.1 Å². The molecule has 0 radical (unpaired) electrons. The summed E-state index contributed by atoms with van der Waals surface area (Å²) in [4.78, 5) is 54.1. The van der Waals surface area contributed by atoms with Crippen LogP contribution in [0.15, 0.2) is 18.2 Å². The van der Waals surface area contributed by atoms with Crippen LogP contribution in [0.3, 0.4) is 0 Å². The Morgan fingerprint density at radius 2 is 1.94 bits per heavy atom. The third-order valence-electron chi connectivity index (χ3n) is 6.94. The fourth-order valence-electron chi connectivity index (χ4n) is 4.83. The second-order valence-electron chi connectivity index (χ2n) is 10.9. The van der Waals surface area contributed by atoms with Crippen molar-refractivity contribution in [1.82, 2.24) is 14.7 Å². The number of ether oxygens (including phenoxy) is 2. The van der Waals surface area contributed by atoms with E-state index in [1.54, 1.807) is 18.2 Å². The van der Waals surface area contributed by atoms with E-state index in [2.05, 4.69) is 19.6 Å². The molecule has 2 fully saturated rings. The summed E-state index contributed by atoms with van der Waals surface area (Å²) in [6.07, 6.45) is 0.760. The van der Waals surface area contributed by atoms with Crippen molar-refractivity contribution in [2.45, 2.75) is 70.1 Å². The van der Waals surface area contributed by atoms with Gasteiger partial charge < -0.3 is 24.4 Å². The Labute approximate surface area is 212 Å². The van der Waals surface area contributed by atoms with Crippen molar-refractivity contribution in [3.8, 4) is 5.75 Å².